The van der Waals surface area contributed by atoms with Crippen molar-refractivity contribution >= 4 is 34.3 Å². The summed E-state index contributed by atoms with van der Waals surface area (Å²) >= 11 is 6.19. The number of amides is 1. The maximum atomic E-state index is 13.9. The lowest BCUT2D eigenvalue weighted by Gasteiger charge is -2.26. The van der Waals surface area contributed by atoms with Crippen LogP contribution in [0.2, 0.25) is 5.02 Å². The molecule has 0 saturated heterocycles. The van der Waals surface area contributed by atoms with Crippen molar-refractivity contribution in [3.63, 3.8) is 0 Å². The second kappa shape index (κ2) is 11.5. The van der Waals surface area contributed by atoms with Gasteiger partial charge in [-0.05, 0) is 42.3 Å². The molecule has 1 amide bonds. The predicted molar refractivity (Wildman–Crippen MR) is 150 cm³/mol. The number of nitrogens with zero attached hydrogens (tertiary/aromatic N) is 1. The van der Waals surface area contributed by atoms with Crippen LogP contribution in [-0.2, 0) is 16.1 Å². The zero-order valence-electron chi connectivity index (χ0n) is 22.3. The van der Waals surface area contributed by atoms with Crippen molar-refractivity contribution in [1.29, 1.82) is 0 Å². The quantitative estimate of drug-likeness (QED) is 0.230. The van der Waals surface area contributed by atoms with Crippen molar-refractivity contribution in [2.45, 2.75) is 19.6 Å². The van der Waals surface area contributed by atoms with Gasteiger partial charge in [-0.2, -0.15) is 0 Å². The Labute approximate surface area is 236 Å². The summed E-state index contributed by atoms with van der Waals surface area (Å²) in [4.78, 5) is 28.5. The largest absolute Gasteiger partial charge is 0.503 e. The number of rotatable bonds is 10. The Morgan fingerprint density at radius 3 is 2.58 bits per heavy atom. The van der Waals surface area contributed by atoms with E-state index < -0.39 is 23.5 Å². The first-order chi connectivity index (χ1) is 19.3. The molecule has 0 fully saturated rings. The van der Waals surface area contributed by atoms with Crippen LogP contribution >= 0.6 is 11.6 Å². The SMILES string of the molecule is COCCN1C(=O)C(O)=C(C(=O)c2cc3cc(Cl)cc(OC)c3o2)C1c1cccc(OCc2ccc(C)cc2)c1. The lowest BCUT2D eigenvalue weighted by Crippen LogP contribution is -2.34. The van der Waals surface area contributed by atoms with Crippen LogP contribution in [0.1, 0.15) is 33.3 Å². The van der Waals surface area contributed by atoms with Crippen molar-refractivity contribution in [2.75, 3.05) is 27.4 Å². The van der Waals surface area contributed by atoms with Gasteiger partial charge in [0, 0.05) is 30.1 Å². The van der Waals surface area contributed by atoms with Crippen LogP contribution in [0.25, 0.3) is 11.0 Å². The first-order valence-electron chi connectivity index (χ1n) is 12.6. The molecule has 1 N–H and O–H groups in total. The molecule has 0 bridgehead atoms. The topological polar surface area (TPSA) is 98.4 Å². The monoisotopic (exact) mass is 561 g/mol. The molecule has 1 unspecified atom stereocenters. The number of ether oxygens (including phenoxy) is 3. The number of carbonyl (C=O) groups is 2. The molecule has 1 aromatic heterocycles. The van der Waals surface area contributed by atoms with Gasteiger partial charge in [0.2, 0.25) is 5.78 Å². The van der Waals surface area contributed by atoms with Crippen LogP contribution in [0.15, 0.2) is 82.5 Å². The molecule has 3 aromatic carbocycles. The number of ketones is 1. The Morgan fingerprint density at radius 1 is 1.07 bits per heavy atom. The fraction of sp³-hybridized carbons (Fsp3) is 0.226. The third-order valence-corrected chi connectivity index (χ3v) is 6.99. The van der Waals surface area contributed by atoms with E-state index in [2.05, 4.69) is 0 Å². The summed E-state index contributed by atoms with van der Waals surface area (Å²) in [6, 6.07) is 19.0. The minimum atomic E-state index is -0.892. The Hall–Kier alpha value is -4.27. The summed E-state index contributed by atoms with van der Waals surface area (Å²) in [6.45, 7) is 2.72. The van der Waals surface area contributed by atoms with E-state index in [9.17, 15) is 14.7 Å². The summed E-state index contributed by atoms with van der Waals surface area (Å²) < 4.78 is 22.4. The van der Waals surface area contributed by atoms with Crippen molar-refractivity contribution < 1.29 is 33.3 Å². The van der Waals surface area contributed by atoms with Crippen molar-refractivity contribution in [2.24, 2.45) is 0 Å². The van der Waals surface area contributed by atoms with Crippen LogP contribution in [0.5, 0.6) is 11.5 Å². The summed E-state index contributed by atoms with van der Waals surface area (Å²) in [5, 5.41) is 11.9. The molecule has 40 heavy (non-hydrogen) atoms. The number of halogens is 1. The smallest absolute Gasteiger partial charge is 0.290 e. The number of aliphatic hydroxyl groups is 1. The number of hydrogen-bond donors (Lipinski definition) is 1. The third-order valence-electron chi connectivity index (χ3n) is 6.78. The van der Waals surface area contributed by atoms with E-state index in [0.717, 1.165) is 11.1 Å². The summed E-state index contributed by atoms with van der Waals surface area (Å²) in [7, 11) is 2.98. The summed E-state index contributed by atoms with van der Waals surface area (Å²) in [5.41, 5.74) is 2.99. The number of methoxy groups -OCH3 is 2. The van der Waals surface area contributed by atoms with E-state index in [1.807, 2.05) is 31.2 Å². The van der Waals surface area contributed by atoms with Gasteiger partial charge in [0.1, 0.15) is 12.4 Å². The maximum absolute atomic E-state index is 13.9. The molecule has 0 saturated carbocycles. The number of hydrogen-bond acceptors (Lipinski definition) is 7. The highest BCUT2D eigenvalue weighted by molar-refractivity contribution is 6.31. The van der Waals surface area contributed by atoms with Crippen LogP contribution < -0.4 is 9.47 Å². The normalized spacial score (nSPS) is 15.2. The Balaban J connectivity index is 1.51. The number of fused-ring (bicyclic) bond motifs is 1. The summed E-state index contributed by atoms with van der Waals surface area (Å²) in [5.74, 6) is -1.08. The standard InChI is InChI=1S/C31H28ClNO7/c1-18-7-9-19(10-8-18)17-39-23-6-4-5-20(14-23)27-26(29(35)31(36)33(27)11-12-37-2)28(34)24-15-21-13-22(32)16-25(38-3)30(21)40-24/h4-10,13-16,27,35H,11-12,17H2,1-3H3. The fourth-order valence-electron chi connectivity index (χ4n) is 4.76. The molecular weight excluding hydrogens is 534 g/mol. The van der Waals surface area contributed by atoms with Crippen LogP contribution in [0.4, 0.5) is 0 Å². The average Bonchev–Trinajstić information content (AvgIpc) is 3.49. The number of aliphatic hydroxyl groups excluding tert-OH is 1. The Kier molecular flexibility index (Phi) is 7.82. The molecule has 1 aliphatic heterocycles. The van der Waals surface area contributed by atoms with E-state index in [1.165, 1.54) is 25.2 Å². The van der Waals surface area contributed by atoms with E-state index >= 15 is 0 Å². The van der Waals surface area contributed by atoms with Gasteiger partial charge in [-0.25, -0.2) is 0 Å². The van der Waals surface area contributed by atoms with Gasteiger partial charge in [0.25, 0.3) is 5.91 Å². The van der Waals surface area contributed by atoms with E-state index in [4.69, 9.17) is 30.2 Å². The van der Waals surface area contributed by atoms with Gasteiger partial charge in [-0.1, -0.05) is 53.6 Å². The highest BCUT2D eigenvalue weighted by atomic mass is 35.5. The molecule has 0 radical (unpaired) electrons. The molecule has 8 nitrogen and oxygen atoms in total. The maximum Gasteiger partial charge on any atom is 0.290 e. The van der Waals surface area contributed by atoms with Gasteiger partial charge in [-0.15, -0.1) is 0 Å². The van der Waals surface area contributed by atoms with Crippen LogP contribution in [-0.4, -0.2) is 49.1 Å². The minimum absolute atomic E-state index is 0.0599. The molecule has 206 valence electrons. The fourth-order valence-corrected chi connectivity index (χ4v) is 4.98. The van der Waals surface area contributed by atoms with Gasteiger partial charge in [-0.3, -0.25) is 9.59 Å². The van der Waals surface area contributed by atoms with Crippen molar-refractivity contribution in [1.82, 2.24) is 4.90 Å². The van der Waals surface area contributed by atoms with Crippen molar-refractivity contribution in [3.05, 3.63) is 106 Å². The molecule has 9 heteroatoms. The third kappa shape index (κ3) is 5.28. The average molecular weight is 562 g/mol. The lowest BCUT2D eigenvalue weighted by atomic mass is 9.95. The minimum Gasteiger partial charge on any atom is -0.503 e. The van der Waals surface area contributed by atoms with E-state index in [-0.39, 0.29) is 24.5 Å². The molecule has 0 spiro atoms. The molecule has 4 aromatic rings. The second-order valence-corrected chi connectivity index (χ2v) is 9.91. The highest BCUT2D eigenvalue weighted by Gasteiger charge is 2.44. The number of benzene rings is 3. The van der Waals surface area contributed by atoms with Crippen LogP contribution in [0, 0.1) is 6.92 Å². The molecule has 2 heterocycles. The zero-order valence-corrected chi connectivity index (χ0v) is 23.0. The van der Waals surface area contributed by atoms with Gasteiger partial charge in [0.15, 0.2) is 22.9 Å². The zero-order chi connectivity index (χ0) is 28.4. The molecule has 0 aliphatic carbocycles. The summed E-state index contributed by atoms with van der Waals surface area (Å²) in [6.07, 6.45) is 0. The second-order valence-electron chi connectivity index (χ2n) is 9.47. The molecule has 1 aliphatic rings. The number of Topliss-reactive ketones (excluding diaryl/α,β-unsaturated/α-hetero) is 1. The first-order valence-corrected chi connectivity index (χ1v) is 13.0. The predicted octanol–water partition coefficient (Wildman–Crippen LogP) is 6.21. The molecular formula is C31H28ClNO7. The van der Waals surface area contributed by atoms with E-state index in [1.54, 1.807) is 36.4 Å². The highest BCUT2D eigenvalue weighted by Crippen LogP contribution is 2.41. The Bertz CT molecular complexity index is 1610. The molecule has 1 atom stereocenters. The van der Waals surface area contributed by atoms with E-state index in [0.29, 0.717) is 39.7 Å². The molecule has 5 rings (SSSR count). The number of furan rings is 1. The first kappa shape index (κ1) is 27.3. The van der Waals surface area contributed by atoms with Crippen molar-refractivity contribution in [3.8, 4) is 11.5 Å². The number of carbonyl (C=O) groups excluding carboxylic acids is 2. The number of aryl methyl sites for hydroxylation is 1. The Morgan fingerprint density at radius 2 is 1.85 bits per heavy atom. The van der Waals surface area contributed by atoms with Crippen LogP contribution in [0.3, 0.4) is 0 Å². The van der Waals surface area contributed by atoms with Gasteiger partial charge < -0.3 is 28.6 Å². The van der Waals surface area contributed by atoms with Gasteiger partial charge in [0.05, 0.1) is 25.3 Å². The van der Waals surface area contributed by atoms with Gasteiger partial charge >= 0.3 is 0 Å². The lowest BCUT2D eigenvalue weighted by molar-refractivity contribution is -0.130.